The van der Waals surface area contributed by atoms with Crippen molar-refractivity contribution in [3.05, 3.63) is 102 Å². The first-order chi connectivity index (χ1) is 22.3. The summed E-state index contributed by atoms with van der Waals surface area (Å²) in [5.74, 6) is -2.94. The van der Waals surface area contributed by atoms with Crippen LogP contribution in [0.15, 0.2) is 78.9 Å². The molecule has 1 fully saturated rings. The predicted molar refractivity (Wildman–Crippen MR) is 179 cm³/mol. The van der Waals surface area contributed by atoms with E-state index in [0.29, 0.717) is 41.8 Å². The van der Waals surface area contributed by atoms with Crippen LogP contribution in [0, 0.1) is 5.82 Å². The summed E-state index contributed by atoms with van der Waals surface area (Å²) < 4.78 is 28.5. The number of para-hydroxylation sites is 1. The minimum absolute atomic E-state index is 0.123. The van der Waals surface area contributed by atoms with E-state index in [9.17, 15) is 23.9 Å². The number of aliphatic carboxylic acids is 1. The van der Waals surface area contributed by atoms with E-state index in [4.69, 9.17) is 9.47 Å². The second-order valence-corrected chi connectivity index (χ2v) is 12.7. The van der Waals surface area contributed by atoms with Gasteiger partial charge in [-0.1, -0.05) is 56.3 Å². The van der Waals surface area contributed by atoms with Crippen molar-refractivity contribution in [1.82, 2.24) is 4.57 Å². The lowest BCUT2D eigenvalue weighted by atomic mass is 9.94. The van der Waals surface area contributed by atoms with Crippen LogP contribution in [0.5, 0.6) is 0 Å². The van der Waals surface area contributed by atoms with Gasteiger partial charge in [0.1, 0.15) is 5.82 Å². The number of Topliss-reactive ketones (excluding diaryl/α,β-unsaturated/α-hetero) is 1. The average Bonchev–Trinajstić information content (AvgIpc) is 3.35. The molecule has 3 aromatic carbocycles. The molecule has 0 bridgehead atoms. The first kappa shape index (κ1) is 33.8. The smallest absolute Gasteiger partial charge is 0.305 e. The summed E-state index contributed by atoms with van der Waals surface area (Å²) in [6.07, 6.45) is -0.0370. The molecule has 1 aliphatic heterocycles. The summed E-state index contributed by atoms with van der Waals surface area (Å²) >= 11 is 0. The molecule has 1 amide bonds. The van der Waals surface area contributed by atoms with Crippen LogP contribution in [-0.2, 0) is 20.8 Å². The molecule has 4 aromatic rings. The Morgan fingerprint density at radius 3 is 2.21 bits per heavy atom. The minimum Gasteiger partial charge on any atom is -0.481 e. The number of carboxylic acids is 1. The number of ketones is 1. The molecule has 2 atom stereocenters. The van der Waals surface area contributed by atoms with E-state index >= 15 is 0 Å². The molecule has 1 saturated heterocycles. The molecule has 8 nitrogen and oxygen atoms in total. The zero-order valence-electron chi connectivity index (χ0n) is 27.4. The number of nitrogens with zero attached hydrogens (tertiary/aromatic N) is 1. The zero-order chi connectivity index (χ0) is 33.9. The third-order valence-electron chi connectivity index (χ3n) is 8.32. The lowest BCUT2D eigenvalue weighted by Gasteiger charge is -2.40. The van der Waals surface area contributed by atoms with E-state index in [1.165, 1.54) is 19.1 Å². The highest BCUT2D eigenvalue weighted by Gasteiger charge is 2.37. The van der Waals surface area contributed by atoms with Gasteiger partial charge in [-0.05, 0) is 80.6 Å². The lowest BCUT2D eigenvalue weighted by molar-refractivity contribution is -0.300. The van der Waals surface area contributed by atoms with E-state index < -0.39 is 17.9 Å². The average molecular weight is 641 g/mol. The van der Waals surface area contributed by atoms with Crippen molar-refractivity contribution < 1.29 is 33.4 Å². The monoisotopic (exact) mass is 640 g/mol. The number of ether oxygens (including phenoxy) is 2. The second kappa shape index (κ2) is 14.0. The fraction of sp³-hybridized carbons (Fsp3) is 0.342. The number of halogens is 1. The Balaban J connectivity index is 1.68. The predicted octanol–water partition coefficient (Wildman–Crippen LogP) is 8.31. The van der Waals surface area contributed by atoms with Gasteiger partial charge in [-0.15, -0.1) is 0 Å². The van der Waals surface area contributed by atoms with Gasteiger partial charge in [0.25, 0.3) is 5.91 Å². The van der Waals surface area contributed by atoms with Crippen LogP contribution in [-0.4, -0.2) is 45.3 Å². The highest BCUT2D eigenvalue weighted by Crippen LogP contribution is 2.43. The number of hydrogen-bond acceptors (Lipinski definition) is 5. The summed E-state index contributed by atoms with van der Waals surface area (Å²) in [7, 11) is 0. The van der Waals surface area contributed by atoms with Gasteiger partial charge < -0.3 is 24.5 Å². The van der Waals surface area contributed by atoms with Gasteiger partial charge in [-0.3, -0.25) is 14.4 Å². The van der Waals surface area contributed by atoms with Gasteiger partial charge >= 0.3 is 5.97 Å². The van der Waals surface area contributed by atoms with Gasteiger partial charge in [-0.25, -0.2) is 4.39 Å². The molecule has 2 N–H and O–H groups in total. The molecular formula is C38H41FN2O6. The number of carboxylic acid groups (broad SMARTS) is 1. The van der Waals surface area contributed by atoms with Crippen molar-refractivity contribution in [3.63, 3.8) is 0 Å². The molecule has 1 aliphatic rings. The molecule has 9 heteroatoms. The number of benzene rings is 3. The van der Waals surface area contributed by atoms with Gasteiger partial charge in [0.05, 0.1) is 35.6 Å². The van der Waals surface area contributed by atoms with Crippen LogP contribution in [0.1, 0.15) is 86.2 Å². The van der Waals surface area contributed by atoms with Crippen LogP contribution in [0.25, 0.3) is 22.4 Å². The zero-order valence-corrected chi connectivity index (χ0v) is 27.4. The minimum atomic E-state index is -0.968. The number of carbonyl (C=O) groups is 3. The molecule has 0 saturated carbocycles. The fourth-order valence-electron chi connectivity index (χ4n) is 6.57. The standard InChI is InChI=1S/C38H41FN2O6/c1-23(2)35-34(37(45)40-31-14-10-9-13-30(31)24(3)42)33(25-11-7-6-8-12-25)36(26-15-17-27(39)18-16-26)41(35)20-19-28-21-29(22-32(43)44)47-38(4,5)46-28/h6-18,23,28-29H,19-22H2,1-5H3,(H,40,45)(H,43,44). The van der Waals surface area contributed by atoms with Crippen LogP contribution in [0.3, 0.4) is 0 Å². The number of anilines is 1. The Morgan fingerprint density at radius 2 is 1.57 bits per heavy atom. The number of amides is 1. The number of carbonyl (C=O) groups excluding carboxylic acids is 2. The maximum atomic E-state index is 14.5. The highest BCUT2D eigenvalue weighted by molar-refractivity contribution is 6.14. The Kier molecular flexibility index (Phi) is 10.1. The fourth-order valence-corrected chi connectivity index (χ4v) is 6.57. The van der Waals surface area contributed by atoms with E-state index in [1.54, 1.807) is 50.2 Å². The first-order valence-corrected chi connectivity index (χ1v) is 15.9. The first-order valence-electron chi connectivity index (χ1n) is 15.9. The SMILES string of the molecule is CC(=O)c1ccccc1NC(=O)c1c(-c2ccccc2)c(-c2ccc(F)cc2)n(CCC2CC(CC(=O)O)OC(C)(C)O2)c1C(C)C. The van der Waals surface area contributed by atoms with Gasteiger partial charge in [0.2, 0.25) is 0 Å². The number of nitrogens with one attached hydrogen (secondary N) is 1. The van der Waals surface area contributed by atoms with Crippen molar-refractivity contribution >= 4 is 23.3 Å². The van der Waals surface area contributed by atoms with E-state index in [0.717, 1.165) is 22.5 Å². The third-order valence-corrected chi connectivity index (χ3v) is 8.32. The van der Waals surface area contributed by atoms with Crippen LogP contribution >= 0.6 is 0 Å². The van der Waals surface area contributed by atoms with Gasteiger partial charge in [0.15, 0.2) is 11.6 Å². The van der Waals surface area contributed by atoms with Crippen molar-refractivity contribution in [1.29, 1.82) is 0 Å². The van der Waals surface area contributed by atoms with Gasteiger partial charge in [-0.2, -0.15) is 0 Å². The summed E-state index contributed by atoms with van der Waals surface area (Å²) in [5, 5.41) is 12.5. The summed E-state index contributed by atoms with van der Waals surface area (Å²) in [4.78, 5) is 38.5. The van der Waals surface area contributed by atoms with E-state index in [1.807, 2.05) is 44.2 Å². The van der Waals surface area contributed by atoms with Crippen molar-refractivity contribution in [3.8, 4) is 22.4 Å². The summed E-state index contributed by atoms with van der Waals surface area (Å²) in [6, 6.07) is 22.7. The van der Waals surface area contributed by atoms with Crippen LogP contribution < -0.4 is 5.32 Å². The Labute approximate surface area is 274 Å². The molecule has 5 rings (SSSR count). The second-order valence-electron chi connectivity index (χ2n) is 12.7. The molecule has 1 aromatic heterocycles. The molecule has 0 aliphatic carbocycles. The Morgan fingerprint density at radius 1 is 0.936 bits per heavy atom. The van der Waals surface area contributed by atoms with Crippen molar-refractivity contribution in [2.24, 2.45) is 0 Å². The number of hydrogen-bond donors (Lipinski definition) is 2. The molecule has 2 heterocycles. The molecule has 0 spiro atoms. The largest absolute Gasteiger partial charge is 0.481 e. The molecule has 0 radical (unpaired) electrons. The van der Waals surface area contributed by atoms with Crippen LogP contribution in [0.4, 0.5) is 10.1 Å². The van der Waals surface area contributed by atoms with E-state index in [-0.39, 0.29) is 36.0 Å². The number of aromatic nitrogens is 1. The lowest BCUT2D eigenvalue weighted by Crippen LogP contribution is -2.45. The molecule has 2 unspecified atom stereocenters. The highest BCUT2D eigenvalue weighted by atomic mass is 19.1. The summed E-state index contributed by atoms with van der Waals surface area (Å²) in [5.41, 5.74) is 5.03. The maximum absolute atomic E-state index is 14.5. The Bertz CT molecular complexity index is 1760. The van der Waals surface area contributed by atoms with Gasteiger partial charge in [0, 0.05) is 29.8 Å². The Hall–Kier alpha value is -4.60. The molecule has 246 valence electrons. The molecule has 47 heavy (non-hydrogen) atoms. The maximum Gasteiger partial charge on any atom is 0.305 e. The quantitative estimate of drug-likeness (QED) is 0.160. The van der Waals surface area contributed by atoms with Crippen LogP contribution in [0.2, 0.25) is 0 Å². The normalized spacial score (nSPS) is 17.4. The molecular weight excluding hydrogens is 599 g/mol. The van der Waals surface area contributed by atoms with Crippen molar-refractivity contribution in [2.45, 2.75) is 84.3 Å². The van der Waals surface area contributed by atoms with Crippen molar-refractivity contribution in [2.75, 3.05) is 5.32 Å². The topological polar surface area (TPSA) is 107 Å². The third kappa shape index (κ3) is 7.69. The summed E-state index contributed by atoms with van der Waals surface area (Å²) in [6.45, 7) is 9.49. The van der Waals surface area contributed by atoms with E-state index in [2.05, 4.69) is 9.88 Å². The number of rotatable bonds is 11.